The molecule has 2 aromatic carbocycles. The molecule has 126 valence electrons. The lowest BCUT2D eigenvalue weighted by molar-refractivity contribution is -0.129. The van der Waals surface area contributed by atoms with Crippen molar-refractivity contribution in [3.05, 3.63) is 65.7 Å². The lowest BCUT2D eigenvalue weighted by Gasteiger charge is -2.33. The molecule has 0 spiro atoms. The van der Waals surface area contributed by atoms with Crippen molar-refractivity contribution in [1.29, 1.82) is 0 Å². The number of benzene rings is 2. The second-order valence-electron chi connectivity index (χ2n) is 6.18. The molecule has 0 saturated heterocycles. The fourth-order valence-corrected chi connectivity index (χ4v) is 4.55. The van der Waals surface area contributed by atoms with Crippen LogP contribution in [0.15, 0.2) is 59.5 Å². The van der Waals surface area contributed by atoms with Gasteiger partial charge in [0.15, 0.2) is 9.84 Å². The summed E-state index contributed by atoms with van der Waals surface area (Å²) < 4.78 is 24.9. The van der Waals surface area contributed by atoms with E-state index in [1.165, 1.54) is 17.7 Å². The zero-order valence-electron chi connectivity index (χ0n) is 13.7. The van der Waals surface area contributed by atoms with Crippen molar-refractivity contribution in [2.45, 2.75) is 30.2 Å². The Morgan fingerprint density at radius 3 is 2.50 bits per heavy atom. The Bertz CT molecular complexity index is 831. The van der Waals surface area contributed by atoms with Gasteiger partial charge >= 0.3 is 0 Å². The standard InChI is InChI=1S/C19H21NO3S/c1-20(18-13-7-9-15-8-5-6-12-17(15)18)19(21)14-24(22,23)16-10-3-2-4-11-16/h2-6,8,10-12,18H,7,9,13-14H2,1H3. The van der Waals surface area contributed by atoms with E-state index in [9.17, 15) is 13.2 Å². The van der Waals surface area contributed by atoms with E-state index < -0.39 is 15.6 Å². The highest BCUT2D eigenvalue weighted by Gasteiger charge is 2.29. The van der Waals surface area contributed by atoms with Crippen LogP contribution in [0.2, 0.25) is 0 Å². The number of rotatable bonds is 4. The molecule has 3 rings (SSSR count). The van der Waals surface area contributed by atoms with Crippen LogP contribution < -0.4 is 0 Å². The van der Waals surface area contributed by atoms with Crippen LogP contribution in [0.4, 0.5) is 0 Å². The molecule has 0 fully saturated rings. The van der Waals surface area contributed by atoms with E-state index in [-0.39, 0.29) is 16.8 Å². The van der Waals surface area contributed by atoms with E-state index in [2.05, 4.69) is 6.07 Å². The van der Waals surface area contributed by atoms with Crippen LogP contribution in [-0.4, -0.2) is 32.0 Å². The van der Waals surface area contributed by atoms with Crippen LogP contribution in [0.5, 0.6) is 0 Å². The number of amides is 1. The maximum Gasteiger partial charge on any atom is 0.238 e. The topological polar surface area (TPSA) is 54.5 Å². The van der Waals surface area contributed by atoms with Crippen LogP contribution >= 0.6 is 0 Å². The van der Waals surface area contributed by atoms with Crippen molar-refractivity contribution in [3.63, 3.8) is 0 Å². The summed E-state index contributed by atoms with van der Waals surface area (Å²) in [5.74, 6) is -0.854. The van der Waals surface area contributed by atoms with Gasteiger partial charge in [-0.2, -0.15) is 0 Å². The van der Waals surface area contributed by atoms with Gasteiger partial charge in [0.2, 0.25) is 5.91 Å². The van der Waals surface area contributed by atoms with Gasteiger partial charge in [0.1, 0.15) is 5.75 Å². The van der Waals surface area contributed by atoms with Crippen LogP contribution in [0.1, 0.15) is 30.0 Å². The predicted molar refractivity (Wildman–Crippen MR) is 93.4 cm³/mol. The van der Waals surface area contributed by atoms with E-state index in [4.69, 9.17) is 0 Å². The first-order valence-electron chi connectivity index (χ1n) is 8.10. The first-order valence-corrected chi connectivity index (χ1v) is 9.75. The monoisotopic (exact) mass is 343 g/mol. The highest BCUT2D eigenvalue weighted by molar-refractivity contribution is 7.92. The van der Waals surface area contributed by atoms with Crippen molar-refractivity contribution >= 4 is 15.7 Å². The summed E-state index contributed by atoms with van der Waals surface area (Å²) in [6.07, 6.45) is 2.88. The first-order chi connectivity index (χ1) is 11.5. The van der Waals surface area contributed by atoms with Crippen molar-refractivity contribution in [3.8, 4) is 0 Å². The molecule has 0 aliphatic heterocycles. The number of carbonyl (C=O) groups is 1. The Balaban J connectivity index is 1.79. The summed E-state index contributed by atoms with van der Waals surface area (Å²) in [6, 6.07) is 16.2. The minimum absolute atomic E-state index is 0.0478. The molecule has 0 radical (unpaired) electrons. The summed E-state index contributed by atoms with van der Waals surface area (Å²) in [7, 11) is -1.91. The average Bonchev–Trinajstić information content (AvgIpc) is 2.61. The summed E-state index contributed by atoms with van der Waals surface area (Å²) in [6.45, 7) is 0. The van der Waals surface area contributed by atoms with E-state index >= 15 is 0 Å². The quantitative estimate of drug-likeness (QED) is 0.857. The van der Waals surface area contributed by atoms with Crippen LogP contribution in [0.25, 0.3) is 0 Å². The first kappa shape index (κ1) is 16.7. The molecule has 24 heavy (non-hydrogen) atoms. The molecule has 0 heterocycles. The molecule has 1 aliphatic rings. The van der Waals surface area contributed by atoms with Crippen LogP contribution in [-0.2, 0) is 21.1 Å². The van der Waals surface area contributed by atoms with E-state index in [0.717, 1.165) is 24.8 Å². The summed E-state index contributed by atoms with van der Waals surface area (Å²) in [5.41, 5.74) is 2.39. The number of hydrogen-bond acceptors (Lipinski definition) is 3. The molecule has 1 atom stereocenters. The summed E-state index contributed by atoms with van der Waals surface area (Å²) in [4.78, 5) is 14.4. The Kier molecular flexibility index (Phi) is 4.71. The lowest BCUT2D eigenvalue weighted by atomic mass is 9.87. The minimum Gasteiger partial charge on any atom is -0.338 e. The molecule has 0 N–H and O–H groups in total. The third-order valence-corrected chi connectivity index (χ3v) is 6.23. The van der Waals surface area contributed by atoms with Crippen LogP contribution in [0, 0.1) is 0 Å². The average molecular weight is 343 g/mol. The third-order valence-electron chi connectivity index (χ3n) is 4.61. The fourth-order valence-electron chi connectivity index (χ4n) is 3.28. The molecular formula is C19H21NO3S. The van der Waals surface area contributed by atoms with Crippen molar-refractivity contribution < 1.29 is 13.2 Å². The second-order valence-corrected chi connectivity index (χ2v) is 8.17. The molecule has 1 amide bonds. The Morgan fingerprint density at radius 2 is 1.75 bits per heavy atom. The van der Waals surface area contributed by atoms with E-state index in [1.807, 2.05) is 18.2 Å². The van der Waals surface area contributed by atoms with Gasteiger partial charge in [0.25, 0.3) is 0 Å². The minimum atomic E-state index is -3.61. The lowest BCUT2D eigenvalue weighted by Crippen LogP contribution is -2.37. The number of aryl methyl sites for hydroxylation is 1. The van der Waals surface area contributed by atoms with Crippen molar-refractivity contribution in [1.82, 2.24) is 4.90 Å². The fraction of sp³-hybridized carbons (Fsp3) is 0.316. The molecule has 0 bridgehead atoms. The highest BCUT2D eigenvalue weighted by atomic mass is 32.2. The largest absolute Gasteiger partial charge is 0.338 e. The van der Waals surface area contributed by atoms with E-state index in [1.54, 1.807) is 30.1 Å². The van der Waals surface area contributed by atoms with Gasteiger partial charge in [-0.3, -0.25) is 4.79 Å². The van der Waals surface area contributed by atoms with Gasteiger partial charge < -0.3 is 4.90 Å². The Labute approximate surface area is 143 Å². The van der Waals surface area contributed by atoms with Crippen molar-refractivity contribution in [2.24, 2.45) is 0 Å². The number of nitrogens with zero attached hydrogens (tertiary/aromatic N) is 1. The van der Waals surface area contributed by atoms with Gasteiger partial charge in [-0.25, -0.2) is 8.42 Å². The molecule has 0 saturated carbocycles. The molecular weight excluding hydrogens is 322 g/mol. The summed E-state index contributed by atoms with van der Waals surface area (Å²) in [5, 5.41) is 0. The van der Waals surface area contributed by atoms with Crippen molar-refractivity contribution in [2.75, 3.05) is 12.8 Å². The van der Waals surface area contributed by atoms with E-state index in [0.29, 0.717) is 0 Å². The molecule has 0 aromatic heterocycles. The van der Waals surface area contributed by atoms with Gasteiger partial charge in [-0.1, -0.05) is 42.5 Å². The predicted octanol–water partition coefficient (Wildman–Crippen LogP) is 3.00. The number of fused-ring (bicyclic) bond motifs is 1. The third kappa shape index (κ3) is 3.36. The second kappa shape index (κ2) is 6.77. The Hall–Kier alpha value is -2.14. The SMILES string of the molecule is CN(C(=O)CS(=O)(=O)c1ccccc1)C1CCCc2ccccc21. The summed E-state index contributed by atoms with van der Waals surface area (Å²) >= 11 is 0. The van der Waals surface area contributed by atoms with Gasteiger partial charge in [0, 0.05) is 7.05 Å². The zero-order chi connectivity index (χ0) is 17.2. The molecule has 2 aromatic rings. The number of hydrogen-bond donors (Lipinski definition) is 0. The maximum absolute atomic E-state index is 12.6. The molecule has 1 aliphatic carbocycles. The molecule has 5 heteroatoms. The molecule has 4 nitrogen and oxygen atoms in total. The maximum atomic E-state index is 12.6. The van der Waals surface area contributed by atoms with Gasteiger partial charge in [0.05, 0.1) is 10.9 Å². The van der Waals surface area contributed by atoms with Crippen LogP contribution in [0.3, 0.4) is 0 Å². The van der Waals surface area contributed by atoms with Gasteiger partial charge in [-0.15, -0.1) is 0 Å². The number of sulfone groups is 1. The smallest absolute Gasteiger partial charge is 0.238 e. The van der Waals surface area contributed by atoms with Gasteiger partial charge in [-0.05, 0) is 42.5 Å². The zero-order valence-corrected chi connectivity index (χ0v) is 14.5. The molecule has 1 unspecified atom stereocenters. The highest BCUT2D eigenvalue weighted by Crippen LogP contribution is 2.33. The Morgan fingerprint density at radius 1 is 1.08 bits per heavy atom. The number of carbonyl (C=O) groups excluding carboxylic acids is 1. The normalized spacial score (nSPS) is 17.1.